The number of nitrogens with two attached hydrogens (primary N) is 1. The van der Waals surface area contributed by atoms with Crippen LogP contribution < -0.4 is 10.6 Å². The summed E-state index contributed by atoms with van der Waals surface area (Å²) in [6.45, 7) is 4.88. The van der Waals surface area contributed by atoms with E-state index in [4.69, 9.17) is 5.73 Å². The zero-order chi connectivity index (χ0) is 10.0. The van der Waals surface area contributed by atoms with Crippen molar-refractivity contribution >= 4 is 5.69 Å². The Kier molecular flexibility index (Phi) is 2.94. The molecule has 2 nitrogen and oxygen atoms in total. The lowest BCUT2D eigenvalue weighted by atomic mass is 10.0. The molecule has 0 aliphatic rings. The highest BCUT2D eigenvalue weighted by Gasteiger charge is 2.04. The summed E-state index contributed by atoms with van der Waals surface area (Å²) in [6.07, 6.45) is 0. The van der Waals surface area contributed by atoms with Crippen LogP contribution in [0.5, 0.6) is 0 Å². The number of hydrogen-bond acceptors (Lipinski definition) is 2. The third-order valence-electron chi connectivity index (χ3n) is 2.42. The molecule has 0 bridgehead atoms. The second-order valence-corrected chi connectivity index (χ2v) is 3.66. The first-order valence-electron chi connectivity index (χ1n) is 4.53. The van der Waals surface area contributed by atoms with Crippen LogP contribution in [-0.2, 0) is 6.54 Å². The molecular formula is C11H18N2. The van der Waals surface area contributed by atoms with E-state index < -0.39 is 0 Å². The third-order valence-corrected chi connectivity index (χ3v) is 2.42. The molecule has 0 saturated carbocycles. The summed E-state index contributed by atoms with van der Waals surface area (Å²) in [6, 6.07) is 4.31. The van der Waals surface area contributed by atoms with E-state index in [0.29, 0.717) is 6.54 Å². The van der Waals surface area contributed by atoms with Crippen LogP contribution in [0.2, 0.25) is 0 Å². The largest absolute Gasteiger partial charge is 0.377 e. The van der Waals surface area contributed by atoms with Crippen molar-refractivity contribution in [2.24, 2.45) is 5.73 Å². The molecule has 0 aliphatic heterocycles. The van der Waals surface area contributed by atoms with Crippen molar-refractivity contribution in [1.29, 1.82) is 0 Å². The number of benzene rings is 1. The molecule has 0 atom stereocenters. The lowest BCUT2D eigenvalue weighted by Gasteiger charge is -2.18. The molecule has 0 amide bonds. The van der Waals surface area contributed by atoms with Crippen LogP contribution in [0.1, 0.15) is 16.7 Å². The van der Waals surface area contributed by atoms with E-state index in [9.17, 15) is 0 Å². The van der Waals surface area contributed by atoms with Crippen molar-refractivity contribution < 1.29 is 0 Å². The van der Waals surface area contributed by atoms with E-state index >= 15 is 0 Å². The van der Waals surface area contributed by atoms with Crippen molar-refractivity contribution in [2.75, 3.05) is 19.0 Å². The number of rotatable bonds is 2. The van der Waals surface area contributed by atoms with Crippen molar-refractivity contribution in [3.63, 3.8) is 0 Å². The van der Waals surface area contributed by atoms with Gasteiger partial charge in [-0.05, 0) is 36.6 Å². The highest BCUT2D eigenvalue weighted by molar-refractivity contribution is 5.57. The van der Waals surface area contributed by atoms with Gasteiger partial charge in [-0.3, -0.25) is 0 Å². The van der Waals surface area contributed by atoms with Crippen LogP contribution in [0, 0.1) is 13.8 Å². The molecule has 13 heavy (non-hydrogen) atoms. The van der Waals surface area contributed by atoms with Crippen LogP contribution in [0.3, 0.4) is 0 Å². The van der Waals surface area contributed by atoms with Crippen LogP contribution in [0.25, 0.3) is 0 Å². The molecule has 2 heteroatoms. The molecule has 72 valence electrons. The summed E-state index contributed by atoms with van der Waals surface area (Å²) < 4.78 is 0. The second-order valence-electron chi connectivity index (χ2n) is 3.66. The highest BCUT2D eigenvalue weighted by atomic mass is 15.1. The summed E-state index contributed by atoms with van der Waals surface area (Å²) in [5, 5.41) is 0. The third kappa shape index (κ3) is 2.01. The summed E-state index contributed by atoms with van der Waals surface area (Å²) in [7, 11) is 4.12. The van der Waals surface area contributed by atoms with Gasteiger partial charge in [0.05, 0.1) is 0 Å². The fourth-order valence-electron chi connectivity index (χ4n) is 1.50. The molecule has 0 saturated heterocycles. The van der Waals surface area contributed by atoms with Gasteiger partial charge in [-0.2, -0.15) is 0 Å². The summed E-state index contributed by atoms with van der Waals surface area (Å²) >= 11 is 0. The number of nitrogens with zero attached hydrogens (tertiary/aromatic N) is 1. The molecule has 0 heterocycles. The van der Waals surface area contributed by atoms with E-state index in [1.54, 1.807) is 0 Å². The van der Waals surface area contributed by atoms with Crippen LogP contribution >= 0.6 is 0 Å². The molecule has 1 aromatic carbocycles. The first kappa shape index (κ1) is 10.1. The normalized spacial score (nSPS) is 10.2. The molecule has 1 rings (SSSR count). The molecular weight excluding hydrogens is 160 g/mol. The van der Waals surface area contributed by atoms with Crippen LogP contribution in [0.4, 0.5) is 5.69 Å². The quantitative estimate of drug-likeness (QED) is 0.748. The van der Waals surface area contributed by atoms with Crippen LogP contribution in [-0.4, -0.2) is 14.1 Å². The number of hydrogen-bond donors (Lipinski definition) is 1. The topological polar surface area (TPSA) is 29.3 Å². The highest BCUT2D eigenvalue weighted by Crippen LogP contribution is 2.23. The predicted molar refractivity (Wildman–Crippen MR) is 58.1 cm³/mol. The van der Waals surface area contributed by atoms with E-state index in [-0.39, 0.29) is 0 Å². The lowest BCUT2D eigenvalue weighted by Crippen LogP contribution is -2.12. The molecule has 0 aliphatic carbocycles. The average molecular weight is 178 g/mol. The zero-order valence-corrected chi connectivity index (χ0v) is 8.89. The van der Waals surface area contributed by atoms with E-state index in [0.717, 1.165) is 0 Å². The maximum absolute atomic E-state index is 5.62. The summed E-state index contributed by atoms with van der Waals surface area (Å²) in [4.78, 5) is 2.13. The average Bonchev–Trinajstić information content (AvgIpc) is 2.09. The zero-order valence-electron chi connectivity index (χ0n) is 8.89. The first-order chi connectivity index (χ1) is 6.06. The Balaban J connectivity index is 3.25. The minimum atomic E-state index is 0.613. The molecule has 0 fully saturated rings. The molecule has 1 aromatic rings. The lowest BCUT2D eigenvalue weighted by molar-refractivity contribution is 1.04. The van der Waals surface area contributed by atoms with Gasteiger partial charge in [-0.1, -0.05) is 6.07 Å². The number of aryl methyl sites for hydroxylation is 1. The van der Waals surface area contributed by atoms with Gasteiger partial charge in [0.25, 0.3) is 0 Å². The fourth-order valence-corrected chi connectivity index (χ4v) is 1.50. The van der Waals surface area contributed by atoms with Gasteiger partial charge in [0, 0.05) is 26.3 Å². The summed E-state index contributed by atoms with van der Waals surface area (Å²) in [5.74, 6) is 0. The van der Waals surface area contributed by atoms with Crippen molar-refractivity contribution in [3.05, 3.63) is 28.8 Å². The maximum Gasteiger partial charge on any atom is 0.0396 e. The monoisotopic (exact) mass is 178 g/mol. The Labute approximate surface area is 80.4 Å². The van der Waals surface area contributed by atoms with Gasteiger partial charge in [-0.15, -0.1) is 0 Å². The van der Waals surface area contributed by atoms with E-state index in [1.165, 1.54) is 22.4 Å². The minimum absolute atomic E-state index is 0.613. The van der Waals surface area contributed by atoms with Crippen LogP contribution in [0.15, 0.2) is 12.1 Å². The molecule has 0 radical (unpaired) electrons. The Bertz CT molecular complexity index is 303. The molecule has 0 spiro atoms. The Morgan fingerprint density at radius 1 is 1.23 bits per heavy atom. The Morgan fingerprint density at radius 2 is 1.85 bits per heavy atom. The van der Waals surface area contributed by atoms with Gasteiger partial charge in [0.2, 0.25) is 0 Å². The second kappa shape index (κ2) is 3.79. The van der Waals surface area contributed by atoms with Gasteiger partial charge in [0.1, 0.15) is 0 Å². The minimum Gasteiger partial charge on any atom is -0.377 e. The van der Waals surface area contributed by atoms with Crippen molar-refractivity contribution in [2.45, 2.75) is 20.4 Å². The van der Waals surface area contributed by atoms with Crippen molar-refractivity contribution in [1.82, 2.24) is 0 Å². The summed E-state index contributed by atoms with van der Waals surface area (Å²) in [5.41, 5.74) is 10.7. The fraction of sp³-hybridized carbons (Fsp3) is 0.455. The molecule has 0 unspecified atom stereocenters. The van der Waals surface area contributed by atoms with Gasteiger partial charge >= 0.3 is 0 Å². The Morgan fingerprint density at radius 3 is 2.31 bits per heavy atom. The molecule has 2 N–H and O–H groups in total. The van der Waals surface area contributed by atoms with Crippen molar-refractivity contribution in [3.8, 4) is 0 Å². The van der Waals surface area contributed by atoms with E-state index in [1.807, 2.05) is 0 Å². The first-order valence-corrected chi connectivity index (χ1v) is 4.53. The molecule has 0 aromatic heterocycles. The Hall–Kier alpha value is -1.02. The van der Waals surface area contributed by atoms with E-state index in [2.05, 4.69) is 45.0 Å². The number of anilines is 1. The van der Waals surface area contributed by atoms with Gasteiger partial charge in [-0.25, -0.2) is 0 Å². The smallest absolute Gasteiger partial charge is 0.0396 e. The SMILES string of the molecule is Cc1cc(CN)cc(N(C)C)c1C. The standard InChI is InChI=1S/C11H18N2/c1-8-5-10(7-12)6-11(9(8)2)13(3)4/h5-6H,7,12H2,1-4H3. The predicted octanol–water partition coefficient (Wildman–Crippen LogP) is 1.83. The van der Waals surface area contributed by atoms with Gasteiger partial charge < -0.3 is 10.6 Å². The van der Waals surface area contributed by atoms with Gasteiger partial charge in [0.15, 0.2) is 0 Å². The maximum atomic E-state index is 5.62.